The van der Waals surface area contributed by atoms with E-state index in [4.69, 9.17) is 0 Å². The highest BCUT2D eigenvalue weighted by atomic mass is 32.2. The van der Waals surface area contributed by atoms with Crippen molar-refractivity contribution < 1.29 is 19.2 Å². The number of hydrogen-bond donors (Lipinski definition) is 1. The number of fused-ring (bicyclic) bond motifs is 1. The molecule has 1 aliphatic heterocycles. The van der Waals surface area contributed by atoms with Gasteiger partial charge in [0.1, 0.15) is 5.82 Å². The Bertz CT molecular complexity index is 1630. The minimum absolute atomic E-state index is 0.0697. The summed E-state index contributed by atoms with van der Waals surface area (Å²) in [5.41, 5.74) is 4.55. The summed E-state index contributed by atoms with van der Waals surface area (Å²) in [6.07, 6.45) is 0.469. The highest BCUT2D eigenvalue weighted by Crippen LogP contribution is 2.30. The number of benzene rings is 3. The number of ketones is 1. The van der Waals surface area contributed by atoms with Crippen LogP contribution in [0.25, 0.3) is 5.69 Å². The fraction of sp³-hybridized carbons (Fsp3) is 0.200. The van der Waals surface area contributed by atoms with Crippen molar-refractivity contribution in [1.29, 1.82) is 0 Å². The lowest BCUT2D eigenvalue weighted by molar-refractivity contribution is -0.118. The lowest BCUT2D eigenvalue weighted by Gasteiger charge is -2.15. The summed E-state index contributed by atoms with van der Waals surface area (Å²) < 4.78 is 1.90. The van der Waals surface area contributed by atoms with Crippen molar-refractivity contribution in [3.8, 4) is 5.69 Å². The lowest BCUT2D eigenvalue weighted by atomic mass is 10.1. The van der Waals surface area contributed by atoms with E-state index in [9.17, 15) is 19.2 Å². The molecule has 0 bridgehead atoms. The number of Topliss-reactive ketones (excluding diaryl/α,β-unsaturated/α-hetero) is 1. The van der Waals surface area contributed by atoms with Crippen LogP contribution in [0.1, 0.15) is 54.9 Å². The van der Waals surface area contributed by atoms with E-state index in [-0.39, 0.29) is 17.4 Å². The monoisotopic (exact) mass is 553 g/mol. The van der Waals surface area contributed by atoms with E-state index >= 15 is 0 Å². The van der Waals surface area contributed by atoms with Gasteiger partial charge < -0.3 is 5.32 Å². The van der Waals surface area contributed by atoms with E-state index in [1.807, 2.05) is 36.6 Å². The number of nitrogens with zero attached hydrogens (tertiary/aromatic N) is 4. The average molecular weight is 554 g/mol. The van der Waals surface area contributed by atoms with Gasteiger partial charge in [-0.3, -0.25) is 23.7 Å². The molecule has 2 heterocycles. The number of aromatic nitrogens is 3. The Morgan fingerprint density at radius 2 is 1.57 bits per heavy atom. The second-order valence-electron chi connectivity index (χ2n) is 9.49. The van der Waals surface area contributed by atoms with Crippen molar-refractivity contribution >= 4 is 41.0 Å². The quantitative estimate of drug-likeness (QED) is 0.186. The molecule has 4 aromatic rings. The molecule has 1 aliphatic rings. The number of thioether (sulfide) groups is 1. The normalized spacial score (nSPS) is 12.5. The van der Waals surface area contributed by atoms with Crippen molar-refractivity contribution in [2.45, 2.75) is 32.3 Å². The molecule has 0 fully saturated rings. The first-order valence-electron chi connectivity index (χ1n) is 12.7. The molecule has 1 aromatic heterocycles. The van der Waals surface area contributed by atoms with Crippen molar-refractivity contribution in [1.82, 2.24) is 20.1 Å². The van der Waals surface area contributed by atoms with Crippen LogP contribution in [0.4, 0.5) is 5.69 Å². The largest absolute Gasteiger partial charge is 0.356 e. The molecule has 0 aliphatic carbocycles. The van der Waals surface area contributed by atoms with Gasteiger partial charge in [-0.15, -0.1) is 10.2 Å². The average Bonchev–Trinajstić information content (AvgIpc) is 3.46. The van der Waals surface area contributed by atoms with E-state index in [1.54, 1.807) is 48.5 Å². The first-order valence-corrected chi connectivity index (χ1v) is 13.7. The zero-order chi connectivity index (χ0) is 28.4. The molecule has 202 valence electrons. The number of nitrogens with one attached hydrogen (secondary N) is 1. The summed E-state index contributed by atoms with van der Waals surface area (Å²) in [6.45, 7) is 5.93. The Morgan fingerprint density at radius 1 is 0.850 bits per heavy atom. The maximum absolute atomic E-state index is 13.3. The van der Waals surface area contributed by atoms with Crippen LogP contribution >= 0.6 is 11.8 Å². The first kappa shape index (κ1) is 27.0. The van der Waals surface area contributed by atoms with E-state index < -0.39 is 11.8 Å². The first-order chi connectivity index (χ1) is 19.2. The zero-order valence-corrected chi connectivity index (χ0v) is 23.1. The van der Waals surface area contributed by atoms with Crippen LogP contribution in [-0.2, 0) is 11.2 Å². The van der Waals surface area contributed by atoms with Crippen LogP contribution in [0.2, 0.25) is 0 Å². The van der Waals surface area contributed by atoms with Crippen molar-refractivity contribution in [2.75, 3.05) is 17.2 Å². The summed E-state index contributed by atoms with van der Waals surface area (Å²) in [4.78, 5) is 51.5. The van der Waals surface area contributed by atoms with Crippen LogP contribution in [-0.4, -0.2) is 50.6 Å². The molecule has 3 amide bonds. The summed E-state index contributed by atoms with van der Waals surface area (Å²) in [6, 6.07) is 19.2. The minimum atomic E-state index is -0.409. The van der Waals surface area contributed by atoms with Gasteiger partial charge in [-0.25, -0.2) is 4.90 Å². The molecule has 0 saturated heterocycles. The molecule has 0 atom stereocenters. The maximum atomic E-state index is 13.3. The third kappa shape index (κ3) is 5.30. The van der Waals surface area contributed by atoms with Gasteiger partial charge in [-0.1, -0.05) is 42.1 Å². The summed E-state index contributed by atoms with van der Waals surface area (Å²) in [5.74, 6) is -0.390. The molecule has 0 saturated carbocycles. The Morgan fingerprint density at radius 3 is 2.25 bits per heavy atom. The Balaban J connectivity index is 1.36. The van der Waals surface area contributed by atoms with Gasteiger partial charge in [0.25, 0.3) is 11.8 Å². The molecule has 9 nitrogen and oxygen atoms in total. The number of imide groups is 1. The van der Waals surface area contributed by atoms with E-state index in [1.165, 1.54) is 18.7 Å². The summed E-state index contributed by atoms with van der Waals surface area (Å²) in [7, 11) is 0. The number of hydrogen-bond acceptors (Lipinski definition) is 7. The SMILES string of the molecule is CC(=O)NCCc1nnc(SCC(=O)c2cccc(N3C(=O)c4ccccc4C3=O)c2)n1-c1ccc(C)c(C)c1. The fourth-order valence-corrected chi connectivity index (χ4v) is 5.35. The summed E-state index contributed by atoms with van der Waals surface area (Å²) >= 11 is 1.25. The number of rotatable bonds is 9. The number of amides is 3. The molecular weight excluding hydrogens is 526 g/mol. The second kappa shape index (κ2) is 11.3. The minimum Gasteiger partial charge on any atom is -0.356 e. The smallest absolute Gasteiger partial charge is 0.266 e. The third-order valence-corrected chi connectivity index (χ3v) is 7.65. The number of aryl methyl sites for hydroxylation is 2. The van der Waals surface area contributed by atoms with Crippen molar-refractivity contribution in [3.63, 3.8) is 0 Å². The van der Waals surface area contributed by atoms with Crippen LogP contribution < -0.4 is 10.2 Å². The van der Waals surface area contributed by atoms with Crippen molar-refractivity contribution in [3.05, 3.63) is 100 Å². The number of anilines is 1. The highest BCUT2D eigenvalue weighted by molar-refractivity contribution is 7.99. The predicted octanol–water partition coefficient (Wildman–Crippen LogP) is 4.34. The van der Waals surface area contributed by atoms with E-state index in [0.717, 1.165) is 21.7 Å². The van der Waals surface area contributed by atoms with Gasteiger partial charge in [0.05, 0.1) is 22.6 Å². The second-order valence-corrected chi connectivity index (χ2v) is 10.4. The molecule has 10 heteroatoms. The topological polar surface area (TPSA) is 114 Å². The van der Waals surface area contributed by atoms with Crippen LogP contribution in [0.3, 0.4) is 0 Å². The fourth-order valence-electron chi connectivity index (χ4n) is 4.49. The molecular formula is C30H27N5O4S. The Hall–Kier alpha value is -4.57. The number of carbonyl (C=O) groups is 4. The zero-order valence-electron chi connectivity index (χ0n) is 22.3. The number of carbonyl (C=O) groups excluding carboxylic acids is 4. The molecule has 3 aromatic carbocycles. The van der Waals surface area contributed by atoms with Gasteiger partial charge in [-0.05, 0) is 61.4 Å². The van der Waals surface area contributed by atoms with Crippen LogP contribution in [0, 0.1) is 13.8 Å². The molecule has 40 heavy (non-hydrogen) atoms. The van der Waals surface area contributed by atoms with Gasteiger partial charge in [0.2, 0.25) is 5.91 Å². The molecule has 5 rings (SSSR count). The highest BCUT2D eigenvalue weighted by Gasteiger charge is 2.36. The van der Waals surface area contributed by atoms with Crippen LogP contribution in [0.15, 0.2) is 71.9 Å². The third-order valence-electron chi connectivity index (χ3n) is 6.72. The Kier molecular flexibility index (Phi) is 7.61. The van der Waals surface area contributed by atoms with Gasteiger partial charge in [0, 0.05) is 31.1 Å². The maximum Gasteiger partial charge on any atom is 0.266 e. The van der Waals surface area contributed by atoms with E-state index in [2.05, 4.69) is 15.5 Å². The predicted molar refractivity (Wildman–Crippen MR) is 152 cm³/mol. The molecule has 1 N–H and O–H groups in total. The summed E-state index contributed by atoms with van der Waals surface area (Å²) in [5, 5.41) is 12.0. The van der Waals surface area contributed by atoms with Crippen LogP contribution in [0.5, 0.6) is 0 Å². The van der Waals surface area contributed by atoms with Gasteiger partial charge in [0.15, 0.2) is 10.9 Å². The van der Waals surface area contributed by atoms with E-state index in [0.29, 0.717) is 46.3 Å². The Labute approximate surface area is 235 Å². The molecule has 0 unspecified atom stereocenters. The van der Waals surface area contributed by atoms with Gasteiger partial charge >= 0.3 is 0 Å². The molecule has 0 radical (unpaired) electrons. The van der Waals surface area contributed by atoms with Gasteiger partial charge in [-0.2, -0.15) is 0 Å². The molecule has 0 spiro atoms. The lowest BCUT2D eigenvalue weighted by Crippen LogP contribution is -2.29. The van der Waals surface area contributed by atoms with Crippen molar-refractivity contribution in [2.24, 2.45) is 0 Å². The standard InChI is InChI=1S/C30H27N5O4S/c1-18-11-12-23(15-19(18)2)34-27(13-14-31-20(3)36)32-33-30(34)40-17-26(37)21-7-6-8-22(16-21)35-28(38)24-9-4-5-10-25(24)29(35)39/h4-12,15-16H,13-14,17H2,1-3H3,(H,31,36).